The van der Waals surface area contributed by atoms with Gasteiger partial charge in [-0.1, -0.05) is 17.3 Å². The highest BCUT2D eigenvalue weighted by Crippen LogP contribution is 2.15. The molecule has 1 heterocycles. The van der Waals surface area contributed by atoms with Crippen molar-refractivity contribution in [1.29, 1.82) is 0 Å². The van der Waals surface area contributed by atoms with E-state index in [1.807, 2.05) is 17.9 Å². The minimum atomic E-state index is 0.755. The Morgan fingerprint density at radius 3 is 2.71 bits per heavy atom. The van der Waals surface area contributed by atoms with Gasteiger partial charge in [-0.3, -0.25) is 0 Å². The number of rotatable bonds is 5. The van der Waals surface area contributed by atoms with E-state index in [1.54, 1.807) is 11.8 Å². The monoisotopic (exact) mass is 248 g/mol. The minimum Gasteiger partial charge on any atom is -0.314 e. The van der Waals surface area contributed by atoms with Crippen LogP contribution in [0, 0.1) is 0 Å². The molecule has 5 heteroatoms. The first-order chi connectivity index (χ1) is 8.31. The van der Waals surface area contributed by atoms with Crippen LogP contribution in [0.2, 0.25) is 0 Å². The van der Waals surface area contributed by atoms with Gasteiger partial charge in [-0.2, -0.15) is 0 Å². The fourth-order valence-electron chi connectivity index (χ4n) is 1.60. The van der Waals surface area contributed by atoms with Crippen LogP contribution in [-0.4, -0.2) is 28.3 Å². The number of aromatic nitrogens is 3. The number of hydrogen-bond donors (Lipinski definition) is 1. The van der Waals surface area contributed by atoms with Gasteiger partial charge in [-0.15, -0.1) is 16.9 Å². The fourth-order valence-corrected chi connectivity index (χ4v) is 2.00. The molecule has 0 bridgehead atoms. The van der Waals surface area contributed by atoms with Crippen LogP contribution in [0.3, 0.4) is 0 Å². The van der Waals surface area contributed by atoms with Gasteiger partial charge in [0.25, 0.3) is 0 Å². The van der Waals surface area contributed by atoms with Crippen molar-refractivity contribution in [1.82, 2.24) is 20.3 Å². The summed E-state index contributed by atoms with van der Waals surface area (Å²) in [5.41, 5.74) is 2.21. The van der Waals surface area contributed by atoms with Crippen molar-refractivity contribution in [3.63, 3.8) is 0 Å². The van der Waals surface area contributed by atoms with Gasteiger partial charge in [-0.25, -0.2) is 4.68 Å². The Balaban J connectivity index is 2.03. The first-order valence-corrected chi connectivity index (χ1v) is 6.71. The molecule has 0 saturated carbocycles. The zero-order valence-electron chi connectivity index (χ0n) is 10.1. The van der Waals surface area contributed by atoms with Gasteiger partial charge in [0.2, 0.25) is 0 Å². The Bertz CT molecular complexity index is 464. The number of nitrogens with one attached hydrogen (secondary N) is 1. The molecular formula is C12H16N4S. The quantitative estimate of drug-likeness (QED) is 0.819. The maximum absolute atomic E-state index is 4.09. The van der Waals surface area contributed by atoms with Gasteiger partial charge in [-0.05, 0) is 31.0 Å². The normalized spacial score (nSPS) is 10.7. The van der Waals surface area contributed by atoms with E-state index in [2.05, 4.69) is 46.2 Å². The van der Waals surface area contributed by atoms with Crippen LogP contribution in [0.25, 0.3) is 0 Å². The van der Waals surface area contributed by atoms with Crippen molar-refractivity contribution in [2.24, 2.45) is 0 Å². The predicted octanol–water partition coefficient (Wildman–Crippen LogP) is 1.77. The Kier molecular flexibility index (Phi) is 4.17. The molecule has 0 unspecified atom stereocenters. The van der Waals surface area contributed by atoms with Crippen LogP contribution >= 0.6 is 11.8 Å². The molecule has 0 spiro atoms. The summed E-state index contributed by atoms with van der Waals surface area (Å²) in [5, 5.41) is 11.2. The van der Waals surface area contributed by atoms with Crippen LogP contribution in [0.5, 0.6) is 0 Å². The molecule has 1 aromatic heterocycles. The highest BCUT2D eigenvalue weighted by molar-refractivity contribution is 7.98. The molecular weight excluding hydrogens is 232 g/mol. The van der Waals surface area contributed by atoms with E-state index < -0.39 is 0 Å². The lowest BCUT2D eigenvalue weighted by Crippen LogP contribution is -2.05. The molecule has 0 aliphatic heterocycles. The van der Waals surface area contributed by atoms with Gasteiger partial charge in [0, 0.05) is 11.4 Å². The van der Waals surface area contributed by atoms with Gasteiger partial charge in [0.05, 0.1) is 18.4 Å². The SMILES string of the molecule is CNCc1cn(Cc2ccc(SC)cc2)nn1. The van der Waals surface area contributed by atoms with E-state index in [4.69, 9.17) is 0 Å². The van der Waals surface area contributed by atoms with Gasteiger partial charge >= 0.3 is 0 Å². The van der Waals surface area contributed by atoms with Crippen LogP contribution < -0.4 is 5.32 Å². The van der Waals surface area contributed by atoms with E-state index in [1.165, 1.54) is 10.5 Å². The van der Waals surface area contributed by atoms with Crippen molar-refractivity contribution in [3.05, 3.63) is 41.7 Å². The van der Waals surface area contributed by atoms with Crippen molar-refractivity contribution in [2.45, 2.75) is 18.0 Å². The zero-order chi connectivity index (χ0) is 12.1. The van der Waals surface area contributed by atoms with Gasteiger partial charge in [0.15, 0.2) is 0 Å². The first kappa shape index (κ1) is 12.1. The Hall–Kier alpha value is -1.33. The summed E-state index contributed by atoms with van der Waals surface area (Å²) in [6.45, 7) is 1.52. The molecule has 0 saturated heterocycles. The topological polar surface area (TPSA) is 42.7 Å². The molecule has 2 aromatic rings. The minimum absolute atomic E-state index is 0.755. The lowest BCUT2D eigenvalue weighted by molar-refractivity contribution is 0.648. The predicted molar refractivity (Wildman–Crippen MR) is 70.1 cm³/mol. The number of hydrogen-bond acceptors (Lipinski definition) is 4. The third-order valence-corrected chi connectivity index (χ3v) is 3.19. The second-order valence-corrected chi connectivity index (χ2v) is 4.67. The molecule has 0 atom stereocenters. The number of nitrogens with zero attached hydrogens (tertiary/aromatic N) is 3. The van der Waals surface area contributed by atoms with E-state index >= 15 is 0 Å². The summed E-state index contributed by atoms with van der Waals surface area (Å²) in [7, 11) is 1.90. The van der Waals surface area contributed by atoms with Crippen LogP contribution in [0.1, 0.15) is 11.3 Å². The zero-order valence-corrected chi connectivity index (χ0v) is 10.9. The van der Waals surface area contributed by atoms with E-state index in [9.17, 15) is 0 Å². The Morgan fingerprint density at radius 1 is 1.29 bits per heavy atom. The second kappa shape index (κ2) is 5.84. The molecule has 17 heavy (non-hydrogen) atoms. The third-order valence-electron chi connectivity index (χ3n) is 2.45. The molecule has 4 nitrogen and oxygen atoms in total. The smallest absolute Gasteiger partial charge is 0.0964 e. The molecule has 0 radical (unpaired) electrons. The molecule has 0 aliphatic carbocycles. The average Bonchev–Trinajstić information content (AvgIpc) is 2.78. The largest absolute Gasteiger partial charge is 0.314 e. The lowest BCUT2D eigenvalue weighted by Gasteiger charge is -2.02. The number of benzene rings is 1. The summed E-state index contributed by atoms with van der Waals surface area (Å²) in [6, 6.07) is 8.52. The summed E-state index contributed by atoms with van der Waals surface area (Å²) in [6.07, 6.45) is 4.05. The van der Waals surface area contributed by atoms with Crippen LogP contribution in [0.15, 0.2) is 35.4 Å². The molecule has 1 aromatic carbocycles. The summed E-state index contributed by atoms with van der Waals surface area (Å²) in [5.74, 6) is 0. The highest BCUT2D eigenvalue weighted by Gasteiger charge is 2.00. The van der Waals surface area contributed by atoms with Crippen molar-refractivity contribution < 1.29 is 0 Å². The molecule has 1 N–H and O–H groups in total. The van der Waals surface area contributed by atoms with Crippen LogP contribution in [-0.2, 0) is 13.1 Å². The lowest BCUT2D eigenvalue weighted by atomic mass is 10.2. The maximum Gasteiger partial charge on any atom is 0.0964 e. The summed E-state index contributed by atoms with van der Waals surface area (Å²) >= 11 is 1.75. The fraction of sp³-hybridized carbons (Fsp3) is 0.333. The average molecular weight is 248 g/mol. The molecule has 90 valence electrons. The Labute approximate surface area is 105 Å². The summed E-state index contributed by atoms with van der Waals surface area (Å²) in [4.78, 5) is 1.28. The van der Waals surface area contributed by atoms with Crippen LogP contribution in [0.4, 0.5) is 0 Å². The molecule has 2 rings (SSSR count). The summed E-state index contributed by atoms with van der Waals surface area (Å²) < 4.78 is 1.86. The van der Waals surface area contributed by atoms with Gasteiger partial charge < -0.3 is 5.32 Å². The molecule has 0 amide bonds. The second-order valence-electron chi connectivity index (χ2n) is 3.79. The maximum atomic E-state index is 4.09. The van der Waals surface area contributed by atoms with E-state index in [0.717, 1.165) is 18.8 Å². The van der Waals surface area contributed by atoms with Crippen molar-refractivity contribution >= 4 is 11.8 Å². The van der Waals surface area contributed by atoms with E-state index in [-0.39, 0.29) is 0 Å². The van der Waals surface area contributed by atoms with Gasteiger partial charge in [0.1, 0.15) is 0 Å². The first-order valence-electron chi connectivity index (χ1n) is 5.48. The highest BCUT2D eigenvalue weighted by atomic mass is 32.2. The molecule has 0 fully saturated rings. The van der Waals surface area contributed by atoms with E-state index in [0.29, 0.717) is 0 Å². The standard InChI is InChI=1S/C12H16N4S/c1-13-7-11-9-16(15-14-11)8-10-3-5-12(17-2)6-4-10/h3-6,9,13H,7-8H2,1-2H3. The third kappa shape index (κ3) is 3.31. The number of thioether (sulfide) groups is 1. The van der Waals surface area contributed by atoms with Crippen molar-refractivity contribution in [3.8, 4) is 0 Å². The molecule has 0 aliphatic rings. The Morgan fingerprint density at radius 2 is 2.06 bits per heavy atom. The van der Waals surface area contributed by atoms with Crippen molar-refractivity contribution in [2.75, 3.05) is 13.3 Å².